The summed E-state index contributed by atoms with van der Waals surface area (Å²) in [4.78, 5) is 14.8. The van der Waals surface area contributed by atoms with Crippen LogP contribution in [0.5, 0.6) is 0 Å². The molecule has 0 aliphatic rings. The number of fused-ring (bicyclic) bond motifs is 1. The van der Waals surface area contributed by atoms with Crippen LogP contribution in [-0.2, 0) is 6.42 Å². The van der Waals surface area contributed by atoms with Gasteiger partial charge in [-0.3, -0.25) is 15.1 Å². The Morgan fingerprint density at radius 1 is 1.29 bits per heavy atom. The normalized spacial score (nSPS) is 11.0. The van der Waals surface area contributed by atoms with Crippen molar-refractivity contribution in [2.75, 3.05) is 0 Å². The van der Waals surface area contributed by atoms with Gasteiger partial charge >= 0.3 is 5.88 Å². The molecular formula is C16H14N2O3. The number of rotatable bonds is 3. The SMILES string of the molecule is CCc1cccc2c(-c3ccc([N+](=O)[O-])o3)cc(C)nc12. The summed E-state index contributed by atoms with van der Waals surface area (Å²) in [7, 11) is 0. The summed E-state index contributed by atoms with van der Waals surface area (Å²) in [6.45, 7) is 3.99. The van der Waals surface area contributed by atoms with Gasteiger partial charge in [0, 0.05) is 16.6 Å². The fourth-order valence-corrected chi connectivity index (χ4v) is 2.50. The van der Waals surface area contributed by atoms with Crippen molar-refractivity contribution in [1.29, 1.82) is 0 Å². The highest BCUT2D eigenvalue weighted by atomic mass is 16.6. The van der Waals surface area contributed by atoms with E-state index < -0.39 is 4.92 Å². The number of hydrogen-bond acceptors (Lipinski definition) is 4. The predicted molar refractivity (Wildman–Crippen MR) is 80.2 cm³/mol. The third-order valence-corrected chi connectivity index (χ3v) is 3.47. The minimum absolute atomic E-state index is 0.251. The first-order valence-corrected chi connectivity index (χ1v) is 6.74. The van der Waals surface area contributed by atoms with Crippen molar-refractivity contribution in [3.8, 4) is 11.3 Å². The molecule has 0 aliphatic carbocycles. The largest absolute Gasteiger partial charge is 0.433 e. The lowest BCUT2D eigenvalue weighted by molar-refractivity contribution is -0.401. The van der Waals surface area contributed by atoms with Gasteiger partial charge in [0.05, 0.1) is 11.6 Å². The van der Waals surface area contributed by atoms with Gasteiger partial charge in [0.2, 0.25) is 0 Å². The highest BCUT2D eigenvalue weighted by Gasteiger charge is 2.16. The highest BCUT2D eigenvalue weighted by Crippen LogP contribution is 2.33. The van der Waals surface area contributed by atoms with Crippen molar-refractivity contribution in [1.82, 2.24) is 4.98 Å². The molecule has 0 unspecified atom stereocenters. The van der Waals surface area contributed by atoms with Crippen molar-refractivity contribution in [3.05, 3.63) is 57.8 Å². The molecule has 106 valence electrons. The number of nitrogens with zero attached hydrogens (tertiary/aromatic N) is 2. The smallest absolute Gasteiger partial charge is 0.401 e. The van der Waals surface area contributed by atoms with Gasteiger partial charge in [-0.05, 0) is 31.0 Å². The van der Waals surface area contributed by atoms with Crippen LogP contribution in [0, 0.1) is 17.0 Å². The first-order valence-electron chi connectivity index (χ1n) is 6.74. The Bertz CT molecular complexity index is 837. The third-order valence-electron chi connectivity index (χ3n) is 3.47. The van der Waals surface area contributed by atoms with E-state index in [4.69, 9.17) is 4.42 Å². The number of aryl methyl sites for hydroxylation is 2. The van der Waals surface area contributed by atoms with Crippen LogP contribution >= 0.6 is 0 Å². The molecule has 0 amide bonds. The predicted octanol–water partition coefficient (Wildman–Crippen LogP) is 4.27. The van der Waals surface area contributed by atoms with Crippen LogP contribution < -0.4 is 0 Å². The molecule has 0 radical (unpaired) electrons. The van der Waals surface area contributed by atoms with Crippen LogP contribution in [0.15, 0.2) is 40.8 Å². The lowest BCUT2D eigenvalue weighted by Gasteiger charge is -2.08. The molecular weight excluding hydrogens is 268 g/mol. The van der Waals surface area contributed by atoms with Crippen LogP contribution in [-0.4, -0.2) is 9.91 Å². The summed E-state index contributed by atoms with van der Waals surface area (Å²) in [5.41, 5.74) is 3.77. The fraction of sp³-hybridized carbons (Fsp3) is 0.188. The standard InChI is InChI=1S/C16H14N2O3/c1-3-11-5-4-6-12-13(9-10(2)17-16(11)12)14-7-8-15(21-14)18(19)20/h4-9H,3H2,1-2H3. The van der Waals surface area contributed by atoms with Gasteiger partial charge in [0.15, 0.2) is 0 Å². The lowest BCUT2D eigenvalue weighted by atomic mass is 10.0. The second kappa shape index (κ2) is 5.01. The molecule has 21 heavy (non-hydrogen) atoms. The van der Waals surface area contributed by atoms with E-state index in [0.29, 0.717) is 5.76 Å². The second-order valence-electron chi connectivity index (χ2n) is 4.87. The summed E-state index contributed by atoms with van der Waals surface area (Å²) >= 11 is 0. The first-order chi connectivity index (χ1) is 10.1. The van der Waals surface area contributed by atoms with Gasteiger partial charge in [-0.25, -0.2) is 0 Å². The topological polar surface area (TPSA) is 69.2 Å². The maximum atomic E-state index is 10.8. The van der Waals surface area contributed by atoms with Gasteiger partial charge in [-0.15, -0.1) is 0 Å². The van der Waals surface area contributed by atoms with E-state index in [9.17, 15) is 10.1 Å². The monoisotopic (exact) mass is 282 g/mol. The molecule has 0 atom stereocenters. The van der Waals surface area contributed by atoms with E-state index in [1.807, 2.05) is 31.2 Å². The number of pyridine rings is 1. The van der Waals surface area contributed by atoms with Gasteiger partial charge in [-0.1, -0.05) is 25.1 Å². The number of aromatic nitrogens is 1. The fourth-order valence-electron chi connectivity index (χ4n) is 2.50. The number of nitro groups is 1. The molecule has 0 saturated carbocycles. The Morgan fingerprint density at radius 2 is 2.10 bits per heavy atom. The van der Waals surface area contributed by atoms with Gasteiger partial charge in [-0.2, -0.15) is 0 Å². The molecule has 0 fully saturated rings. The average Bonchev–Trinajstić information content (AvgIpc) is 2.95. The summed E-state index contributed by atoms with van der Waals surface area (Å²) < 4.78 is 5.34. The Balaban J connectivity index is 2.28. The maximum Gasteiger partial charge on any atom is 0.433 e. The molecule has 2 heterocycles. The number of benzene rings is 1. The minimum Gasteiger partial charge on any atom is -0.401 e. The van der Waals surface area contributed by atoms with Crippen LogP contribution in [0.3, 0.4) is 0 Å². The number of para-hydroxylation sites is 1. The molecule has 0 saturated heterocycles. The van der Waals surface area contributed by atoms with Gasteiger partial charge in [0.1, 0.15) is 10.7 Å². The molecule has 0 N–H and O–H groups in total. The van der Waals surface area contributed by atoms with Crippen molar-refractivity contribution < 1.29 is 9.34 Å². The van der Waals surface area contributed by atoms with Crippen molar-refractivity contribution in [2.45, 2.75) is 20.3 Å². The zero-order chi connectivity index (χ0) is 15.0. The lowest BCUT2D eigenvalue weighted by Crippen LogP contribution is -1.92. The van der Waals surface area contributed by atoms with E-state index in [0.717, 1.165) is 34.1 Å². The molecule has 5 heteroatoms. The zero-order valence-corrected chi connectivity index (χ0v) is 11.8. The van der Waals surface area contributed by atoms with Crippen molar-refractivity contribution in [2.24, 2.45) is 0 Å². The molecule has 0 aliphatic heterocycles. The summed E-state index contributed by atoms with van der Waals surface area (Å²) in [6, 6.07) is 10.9. The highest BCUT2D eigenvalue weighted by molar-refractivity contribution is 5.95. The average molecular weight is 282 g/mol. The van der Waals surface area contributed by atoms with Crippen LogP contribution in [0.2, 0.25) is 0 Å². The van der Waals surface area contributed by atoms with Crippen LogP contribution in [0.1, 0.15) is 18.2 Å². The third kappa shape index (κ3) is 2.27. The molecule has 1 aromatic carbocycles. The Kier molecular flexibility index (Phi) is 3.17. The van der Waals surface area contributed by atoms with E-state index in [-0.39, 0.29) is 5.88 Å². The second-order valence-corrected chi connectivity index (χ2v) is 4.87. The maximum absolute atomic E-state index is 10.8. The van der Waals surface area contributed by atoms with E-state index in [1.54, 1.807) is 6.07 Å². The number of furan rings is 1. The Hall–Kier alpha value is -2.69. The number of hydrogen-bond donors (Lipinski definition) is 0. The molecule has 2 aromatic heterocycles. The van der Waals surface area contributed by atoms with Crippen LogP contribution in [0.4, 0.5) is 5.88 Å². The van der Waals surface area contributed by atoms with Gasteiger partial charge < -0.3 is 4.42 Å². The summed E-state index contributed by atoms with van der Waals surface area (Å²) in [5, 5.41) is 11.7. The summed E-state index contributed by atoms with van der Waals surface area (Å²) in [5.74, 6) is 0.240. The minimum atomic E-state index is -0.531. The molecule has 3 aromatic rings. The van der Waals surface area contributed by atoms with Crippen molar-refractivity contribution in [3.63, 3.8) is 0 Å². The quantitative estimate of drug-likeness (QED) is 0.531. The van der Waals surface area contributed by atoms with Crippen molar-refractivity contribution >= 4 is 16.8 Å². The van der Waals surface area contributed by atoms with E-state index in [2.05, 4.69) is 11.9 Å². The van der Waals surface area contributed by atoms with Crippen LogP contribution in [0.25, 0.3) is 22.2 Å². The molecule has 0 spiro atoms. The molecule has 0 bridgehead atoms. The van der Waals surface area contributed by atoms with E-state index >= 15 is 0 Å². The molecule has 3 rings (SSSR count). The Morgan fingerprint density at radius 3 is 2.76 bits per heavy atom. The molecule has 5 nitrogen and oxygen atoms in total. The summed E-state index contributed by atoms with van der Waals surface area (Å²) in [6.07, 6.45) is 0.880. The zero-order valence-electron chi connectivity index (χ0n) is 11.8. The van der Waals surface area contributed by atoms with Gasteiger partial charge in [0.25, 0.3) is 0 Å². The Labute approximate surface area is 121 Å². The van der Waals surface area contributed by atoms with E-state index in [1.165, 1.54) is 6.07 Å². The first kappa shape index (κ1) is 13.3.